The van der Waals surface area contributed by atoms with E-state index in [1.54, 1.807) is 24.4 Å². The third kappa shape index (κ3) is 6.10. The van der Waals surface area contributed by atoms with E-state index in [1.807, 2.05) is 31.3 Å². The van der Waals surface area contributed by atoms with Crippen molar-refractivity contribution >= 4 is 35.4 Å². The van der Waals surface area contributed by atoms with E-state index in [0.717, 1.165) is 5.56 Å². The number of ether oxygens (including phenoxy) is 1. The molecule has 190 valence electrons. The van der Waals surface area contributed by atoms with E-state index in [2.05, 4.69) is 47.9 Å². The zero-order valence-electron chi connectivity index (χ0n) is 20.6. The minimum Gasteiger partial charge on any atom is -0.484 e. The van der Waals surface area contributed by atoms with Gasteiger partial charge in [-0.3, -0.25) is 14.6 Å². The summed E-state index contributed by atoms with van der Waals surface area (Å²) in [6.07, 6.45) is 3.72. The smallest absolute Gasteiger partial charge is 0.258 e. The maximum Gasteiger partial charge on any atom is 0.258 e. The number of carbonyl (C=O) groups is 2. The lowest BCUT2D eigenvalue weighted by Gasteiger charge is -2.25. The van der Waals surface area contributed by atoms with Gasteiger partial charge in [0.2, 0.25) is 5.91 Å². The topological polar surface area (TPSA) is 121 Å². The van der Waals surface area contributed by atoms with Crippen LogP contribution in [0.15, 0.2) is 65.9 Å². The fourth-order valence-electron chi connectivity index (χ4n) is 4.52. The molecule has 0 fully saturated rings. The zero-order valence-corrected chi connectivity index (χ0v) is 20.6. The summed E-state index contributed by atoms with van der Waals surface area (Å²) in [7, 11) is 2.01. The number of carbonyl (C=O) groups excluding carboxylic acids is 2. The number of hydrogen-bond donors (Lipinski definition) is 3. The predicted octanol–water partition coefficient (Wildman–Crippen LogP) is 2.38. The molecule has 2 atom stereocenters. The Morgan fingerprint density at radius 3 is 2.76 bits per heavy atom. The van der Waals surface area contributed by atoms with E-state index >= 15 is 0 Å². The van der Waals surface area contributed by atoms with Gasteiger partial charge in [0.15, 0.2) is 6.61 Å². The molecule has 2 bridgehead atoms. The Morgan fingerprint density at radius 1 is 1.05 bits per heavy atom. The number of amides is 2. The fourth-order valence-corrected chi connectivity index (χ4v) is 4.52. The predicted molar refractivity (Wildman–Crippen MR) is 142 cm³/mol. The molecule has 2 aliphatic heterocycles. The number of fused-ring (bicyclic) bond motifs is 2. The van der Waals surface area contributed by atoms with Crippen LogP contribution in [0.3, 0.4) is 0 Å². The second-order valence-electron chi connectivity index (χ2n) is 9.16. The zero-order chi connectivity index (χ0) is 25.6. The molecular weight excluding hydrogens is 470 g/mol. The molecule has 0 saturated carbocycles. The Balaban J connectivity index is 1.41. The fraction of sp³-hybridized carbons (Fsp3) is 0.296. The molecule has 2 aliphatic rings. The van der Waals surface area contributed by atoms with Gasteiger partial charge >= 0.3 is 0 Å². The van der Waals surface area contributed by atoms with E-state index in [0.29, 0.717) is 54.7 Å². The largest absolute Gasteiger partial charge is 0.484 e. The van der Waals surface area contributed by atoms with Crippen molar-refractivity contribution in [1.82, 2.24) is 20.2 Å². The number of aromatic nitrogens is 2. The van der Waals surface area contributed by atoms with Crippen LogP contribution in [0.5, 0.6) is 5.75 Å². The number of nitrogens with zero attached hydrogens (tertiary/aromatic N) is 4. The van der Waals surface area contributed by atoms with E-state index in [9.17, 15) is 9.59 Å². The normalized spacial score (nSPS) is 20.5. The molecule has 1 unspecified atom stereocenters. The molecule has 0 radical (unpaired) electrons. The van der Waals surface area contributed by atoms with Gasteiger partial charge in [-0.1, -0.05) is 36.4 Å². The van der Waals surface area contributed by atoms with Gasteiger partial charge in [-0.2, -0.15) is 0 Å². The highest BCUT2D eigenvalue weighted by Gasteiger charge is 2.33. The van der Waals surface area contributed by atoms with Crippen LogP contribution in [0.2, 0.25) is 0 Å². The van der Waals surface area contributed by atoms with Crippen molar-refractivity contribution in [2.45, 2.75) is 18.4 Å². The number of rotatable bonds is 2. The Hall–Kier alpha value is -4.31. The van der Waals surface area contributed by atoms with E-state index in [1.165, 1.54) is 6.33 Å². The van der Waals surface area contributed by atoms with Crippen LogP contribution in [0.4, 0.5) is 17.3 Å². The van der Waals surface area contributed by atoms with Gasteiger partial charge in [-0.05, 0) is 31.2 Å². The minimum absolute atomic E-state index is 0.104. The van der Waals surface area contributed by atoms with Crippen molar-refractivity contribution in [2.75, 3.05) is 43.9 Å². The number of nitrogens with one attached hydrogen (secondary N) is 3. The highest BCUT2D eigenvalue weighted by molar-refractivity contribution is 6.13. The summed E-state index contributed by atoms with van der Waals surface area (Å²) < 4.78 is 5.76. The maximum absolute atomic E-state index is 12.8. The van der Waals surface area contributed by atoms with Crippen LogP contribution in [0, 0.1) is 0 Å². The SMILES string of the molecule is CN1CCNc2ncnc3c2C(C=Nc2cccc(c2)OCC(=O)N[C@H](Cc2ccccc2)C1)C(=O)N3. The molecule has 3 aromatic rings. The first-order valence-corrected chi connectivity index (χ1v) is 12.2. The first kappa shape index (κ1) is 24.4. The van der Waals surface area contributed by atoms with Gasteiger partial charge < -0.3 is 25.6 Å². The molecule has 5 rings (SSSR count). The van der Waals surface area contributed by atoms with Gasteiger partial charge in [0.05, 0.1) is 11.3 Å². The van der Waals surface area contributed by atoms with Crippen LogP contribution in [0.25, 0.3) is 0 Å². The molecule has 37 heavy (non-hydrogen) atoms. The molecule has 2 amide bonds. The first-order chi connectivity index (χ1) is 18.0. The van der Waals surface area contributed by atoms with E-state index < -0.39 is 5.92 Å². The Kier molecular flexibility index (Phi) is 7.36. The summed E-state index contributed by atoms with van der Waals surface area (Å²) in [6, 6.07) is 17.1. The molecule has 0 aliphatic carbocycles. The van der Waals surface area contributed by atoms with Crippen LogP contribution in [0.1, 0.15) is 17.0 Å². The van der Waals surface area contributed by atoms with Crippen LogP contribution >= 0.6 is 0 Å². The van der Waals surface area contributed by atoms with Gasteiger partial charge in [0.1, 0.15) is 29.6 Å². The molecule has 3 heterocycles. The molecular formula is C27H29N7O3. The Bertz CT molecular complexity index is 1300. The molecule has 2 aromatic carbocycles. The summed E-state index contributed by atoms with van der Waals surface area (Å²) in [5.41, 5.74) is 2.43. The lowest BCUT2D eigenvalue weighted by molar-refractivity contribution is -0.124. The molecule has 10 heteroatoms. The summed E-state index contributed by atoms with van der Waals surface area (Å²) >= 11 is 0. The third-order valence-electron chi connectivity index (χ3n) is 6.29. The molecule has 1 aromatic heterocycles. The molecule has 3 N–H and O–H groups in total. The van der Waals surface area contributed by atoms with Gasteiger partial charge in [0.25, 0.3) is 5.91 Å². The van der Waals surface area contributed by atoms with Crippen molar-refractivity contribution < 1.29 is 14.3 Å². The number of aliphatic imine (C=N–C) groups is 1. The van der Waals surface area contributed by atoms with Gasteiger partial charge in [-0.15, -0.1) is 0 Å². The van der Waals surface area contributed by atoms with Gasteiger partial charge in [0, 0.05) is 38.0 Å². The number of likely N-dealkylation sites (N-methyl/N-ethyl adjacent to an activating group) is 1. The highest BCUT2D eigenvalue weighted by Crippen LogP contribution is 2.34. The average Bonchev–Trinajstić information content (AvgIpc) is 3.22. The second-order valence-corrected chi connectivity index (χ2v) is 9.16. The van der Waals surface area contributed by atoms with Crippen LogP contribution in [-0.4, -0.2) is 72.2 Å². The minimum atomic E-state index is -0.624. The molecule has 0 spiro atoms. The quantitative estimate of drug-likeness (QED) is 0.495. The standard InChI is InChI=1S/C27H29N7O3/c1-34-11-10-28-25-24-22(27(36)33-26(24)31-17-30-25)14-29-19-8-5-9-21(13-19)37-16-23(35)32-20(15-34)12-18-6-3-2-4-7-18/h2-9,13-14,17,20,22H,10-12,15-16H2,1H3,(H,32,35)(H2,28,30,31,33,36)/t20-,22?/m1/s1. The number of hydrogen-bond acceptors (Lipinski definition) is 8. The summed E-state index contributed by atoms with van der Waals surface area (Å²) in [6.45, 7) is 1.83. The van der Waals surface area contributed by atoms with Crippen molar-refractivity contribution in [3.63, 3.8) is 0 Å². The third-order valence-corrected chi connectivity index (χ3v) is 6.29. The summed E-state index contributed by atoms with van der Waals surface area (Å²) in [5.74, 6) is 0.584. The van der Waals surface area contributed by atoms with Crippen molar-refractivity contribution in [1.29, 1.82) is 0 Å². The second kappa shape index (κ2) is 11.2. The van der Waals surface area contributed by atoms with Crippen LogP contribution < -0.4 is 20.7 Å². The van der Waals surface area contributed by atoms with E-state index in [-0.39, 0.29) is 24.5 Å². The first-order valence-electron chi connectivity index (χ1n) is 12.2. The maximum atomic E-state index is 12.8. The van der Waals surface area contributed by atoms with Crippen LogP contribution in [-0.2, 0) is 16.0 Å². The molecule has 10 nitrogen and oxygen atoms in total. The lowest BCUT2D eigenvalue weighted by atomic mass is 10.0. The number of anilines is 2. The number of benzene rings is 2. The monoisotopic (exact) mass is 499 g/mol. The average molecular weight is 500 g/mol. The Morgan fingerprint density at radius 2 is 1.89 bits per heavy atom. The summed E-state index contributed by atoms with van der Waals surface area (Å²) in [4.78, 5) is 40.8. The Labute approximate surface area is 215 Å². The van der Waals surface area contributed by atoms with Gasteiger partial charge in [-0.25, -0.2) is 9.97 Å². The van der Waals surface area contributed by atoms with Crippen molar-refractivity contribution in [2.24, 2.45) is 4.99 Å². The molecule has 0 saturated heterocycles. The van der Waals surface area contributed by atoms with Crippen molar-refractivity contribution in [3.8, 4) is 5.75 Å². The highest BCUT2D eigenvalue weighted by atomic mass is 16.5. The lowest BCUT2D eigenvalue weighted by Crippen LogP contribution is -2.46. The summed E-state index contributed by atoms with van der Waals surface area (Å²) in [5, 5.41) is 9.30. The van der Waals surface area contributed by atoms with Crippen molar-refractivity contribution in [3.05, 3.63) is 72.1 Å². The van der Waals surface area contributed by atoms with E-state index in [4.69, 9.17) is 4.74 Å².